The fourth-order valence-electron chi connectivity index (χ4n) is 1.33. The number of carbonyl (C=O) groups is 2. The summed E-state index contributed by atoms with van der Waals surface area (Å²) in [5.41, 5.74) is 6.32. The van der Waals surface area contributed by atoms with E-state index in [-0.39, 0.29) is 34.1 Å². The third-order valence-corrected chi connectivity index (χ3v) is 3.53. The molecule has 0 radical (unpaired) electrons. The van der Waals surface area contributed by atoms with E-state index >= 15 is 0 Å². The summed E-state index contributed by atoms with van der Waals surface area (Å²) in [7, 11) is 0. The van der Waals surface area contributed by atoms with Crippen LogP contribution in [-0.2, 0) is 14.3 Å². The van der Waals surface area contributed by atoms with Gasteiger partial charge in [0.25, 0.3) is 0 Å². The van der Waals surface area contributed by atoms with Crippen molar-refractivity contribution in [2.24, 2.45) is 0 Å². The Balaban J connectivity index is 2.49. The van der Waals surface area contributed by atoms with E-state index in [1.165, 1.54) is 12.1 Å². The number of amides is 1. The first kappa shape index (κ1) is 16.9. The van der Waals surface area contributed by atoms with Crippen molar-refractivity contribution >= 4 is 58.2 Å². The summed E-state index contributed by atoms with van der Waals surface area (Å²) in [6.07, 6.45) is 0. The number of nitrogens with two attached hydrogens (primary N) is 1. The molecule has 0 bridgehead atoms. The Morgan fingerprint density at radius 1 is 1.35 bits per heavy atom. The van der Waals surface area contributed by atoms with Crippen molar-refractivity contribution < 1.29 is 14.3 Å². The molecule has 0 atom stereocenters. The lowest BCUT2D eigenvalue weighted by molar-refractivity contribution is -0.139. The van der Waals surface area contributed by atoms with Crippen molar-refractivity contribution in [3.63, 3.8) is 0 Å². The molecule has 110 valence electrons. The van der Waals surface area contributed by atoms with Gasteiger partial charge < -0.3 is 15.8 Å². The summed E-state index contributed by atoms with van der Waals surface area (Å²) in [4.78, 5) is 22.8. The largest absolute Gasteiger partial charge is 0.465 e. The summed E-state index contributed by atoms with van der Waals surface area (Å²) >= 11 is 12.9. The van der Waals surface area contributed by atoms with Crippen LogP contribution in [0.4, 0.5) is 11.4 Å². The van der Waals surface area contributed by atoms with Gasteiger partial charge in [-0.3, -0.25) is 9.59 Å². The molecule has 8 heteroatoms. The molecule has 20 heavy (non-hydrogen) atoms. The number of thioether (sulfide) groups is 1. The molecule has 0 aliphatic rings. The number of halogens is 2. The van der Waals surface area contributed by atoms with E-state index in [2.05, 4.69) is 5.32 Å². The van der Waals surface area contributed by atoms with Crippen LogP contribution >= 0.6 is 35.0 Å². The molecule has 0 unspecified atom stereocenters. The molecule has 3 N–H and O–H groups in total. The highest BCUT2D eigenvalue weighted by molar-refractivity contribution is 8.00. The third kappa shape index (κ3) is 5.48. The highest BCUT2D eigenvalue weighted by Gasteiger charge is 2.11. The standard InChI is InChI=1S/C12H14Cl2N2O3S/c1-2-19-11(18)6-20-5-10(17)16-12-8(14)3-7(13)4-9(12)15/h3-4H,2,5-6,15H2,1H3,(H,16,17). The number of nitrogen functional groups attached to an aromatic ring is 1. The Morgan fingerprint density at radius 2 is 2.05 bits per heavy atom. The van der Waals surface area contributed by atoms with Crippen molar-refractivity contribution in [3.8, 4) is 0 Å². The summed E-state index contributed by atoms with van der Waals surface area (Å²) in [6.45, 7) is 2.04. The van der Waals surface area contributed by atoms with Crippen LogP contribution in [0.1, 0.15) is 6.92 Å². The maximum Gasteiger partial charge on any atom is 0.315 e. The first-order valence-electron chi connectivity index (χ1n) is 5.71. The van der Waals surface area contributed by atoms with Crippen LogP contribution in [0.3, 0.4) is 0 Å². The molecular weight excluding hydrogens is 323 g/mol. The van der Waals surface area contributed by atoms with Gasteiger partial charge in [-0.15, -0.1) is 11.8 Å². The molecular formula is C12H14Cl2N2O3S. The zero-order valence-corrected chi connectivity index (χ0v) is 13.1. The summed E-state index contributed by atoms with van der Waals surface area (Å²) in [5.74, 6) is -0.452. The lowest BCUT2D eigenvalue weighted by Gasteiger charge is -2.10. The number of esters is 1. The Hall–Kier alpha value is -1.11. The van der Waals surface area contributed by atoms with Crippen LogP contribution < -0.4 is 11.1 Å². The second kappa shape index (κ2) is 8.24. The van der Waals surface area contributed by atoms with Crippen LogP contribution in [0.15, 0.2) is 12.1 Å². The number of anilines is 2. The summed E-state index contributed by atoms with van der Waals surface area (Å²) in [5, 5.41) is 3.24. The van der Waals surface area contributed by atoms with Crippen molar-refractivity contribution in [2.45, 2.75) is 6.92 Å². The van der Waals surface area contributed by atoms with Gasteiger partial charge in [0, 0.05) is 5.02 Å². The van der Waals surface area contributed by atoms with Crippen LogP contribution in [0.25, 0.3) is 0 Å². The first-order chi connectivity index (χ1) is 9.43. The Kier molecular flexibility index (Phi) is 6.98. The van der Waals surface area contributed by atoms with Gasteiger partial charge in [0.2, 0.25) is 5.91 Å². The lowest BCUT2D eigenvalue weighted by Crippen LogP contribution is -2.17. The van der Waals surface area contributed by atoms with Crippen LogP contribution in [0.5, 0.6) is 0 Å². The zero-order chi connectivity index (χ0) is 15.1. The summed E-state index contributed by atoms with van der Waals surface area (Å²) in [6, 6.07) is 2.98. The average molecular weight is 337 g/mol. The predicted octanol–water partition coefficient (Wildman–Crippen LogP) is 2.81. The smallest absolute Gasteiger partial charge is 0.315 e. The number of carbonyl (C=O) groups excluding carboxylic acids is 2. The molecule has 0 aliphatic heterocycles. The molecule has 1 amide bonds. The average Bonchev–Trinajstić information content (AvgIpc) is 2.34. The van der Waals surface area contributed by atoms with Crippen LogP contribution in [0, 0.1) is 0 Å². The van der Waals surface area contributed by atoms with Crippen molar-refractivity contribution in [3.05, 3.63) is 22.2 Å². The molecule has 0 saturated heterocycles. The van der Waals surface area contributed by atoms with Gasteiger partial charge in [-0.1, -0.05) is 23.2 Å². The van der Waals surface area contributed by atoms with Crippen LogP contribution in [0.2, 0.25) is 10.0 Å². The molecule has 0 heterocycles. The minimum atomic E-state index is -0.352. The van der Waals surface area contributed by atoms with Gasteiger partial charge in [-0.2, -0.15) is 0 Å². The fourth-order valence-corrected chi connectivity index (χ4v) is 2.50. The molecule has 0 fully saturated rings. The van der Waals surface area contributed by atoms with Gasteiger partial charge in [0.1, 0.15) is 0 Å². The van der Waals surface area contributed by atoms with Gasteiger partial charge in [-0.05, 0) is 19.1 Å². The zero-order valence-electron chi connectivity index (χ0n) is 10.7. The minimum absolute atomic E-state index is 0.0945. The molecule has 0 spiro atoms. The number of nitrogens with one attached hydrogen (secondary N) is 1. The third-order valence-electron chi connectivity index (χ3n) is 2.11. The van der Waals surface area contributed by atoms with E-state index in [1.54, 1.807) is 6.92 Å². The molecule has 1 rings (SSSR count). The van der Waals surface area contributed by atoms with E-state index in [4.69, 9.17) is 33.7 Å². The second-order valence-corrected chi connectivity index (χ2v) is 5.53. The Morgan fingerprint density at radius 3 is 2.65 bits per heavy atom. The number of rotatable bonds is 6. The molecule has 5 nitrogen and oxygen atoms in total. The predicted molar refractivity (Wildman–Crippen MR) is 83.5 cm³/mol. The van der Waals surface area contributed by atoms with Crippen molar-refractivity contribution in [1.82, 2.24) is 0 Å². The van der Waals surface area contributed by atoms with Gasteiger partial charge in [0.05, 0.1) is 34.5 Å². The van der Waals surface area contributed by atoms with Crippen molar-refractivity contribution in [2.75, 3.05) is 29.2 Å². The van der Waals surface area contributed by atoms with Crippen LogP contribution in [-0.4, -0.2) is 30.0 Å². The highest BCUT2D eigenvalue weighted by atomic mass is 35.5. The quantitative estimate of drug-likeness (QED) is 0.616. The van der Waals surface area contributed by atoms with E-state index < -0.39 is 0 Å². The molecule has 1 aromatic carbocycles. The monoisotopic (exact) mass is 336 g/mol. The molecule has 1 aromatic rings. The topological polar surface area (TPSA) is 81.4 Å². The number of benzene rings is 1. The minimum Gasteiger partial charge on any atom is -0.465 e. The lowest BCUT2D eigenvalue weighted by atomic mass is 10.2. The van der Waals surface area contributed by atoms with Crippen molar-refractivity contribution in [1.29, 1.82) is 0 Å². The number of ether oxygens (including phenoxy) is 1. The fraction of sp³-hybridized carbons (Fsp3) is 0.333. The molecule has 0 aromatic heterocycles. The van der Waals surface area contributed by atoms with Gasteiger partial charge >= 0.3 is 5.97 Å². The van der Waals surface area contributed by atoms with E-state index in [9.17, 15) is 9.59 Å². The Bertz CT molecular complexity index is 488. The summed E-state index contributed by atoms with van der Waals surface area (Å²) < 4.78 is 4.75. The number of hydrogen-bond donors (Lipinski definition) is 2. The molecule has 0 saturated carbocycles. The number of hydrogen-bond acceptors (Lipinski definition) is 5. The normalized spacial score (nSPS) is 10.2. The SMILES string of the molecule is CCOC(=O)CSCC(=O)Nc1c(N)cc(Cl)cc1Cl. The van der Waals surface area contributed by atoms with E-state index in [0.717, 1.165) is 11.8 Å². The van der Waals surface area contributed by atoms with E-state index in [0.29, 0.717) is 17.3 Å². The maximum absolute atomic E-state index is 11.7. The van der Waals surface area contributed by atoms with Gasteiger partial charge in [0.15, 0.2) is 0 Å². The van der Waals surface area contributed by atoms with E-state index in [1.807, 2.05) is 0 Å². The van der Waals surface area contributed by atoms with Gasteiger partial charge in [-0.25, -0.2) is 0 Å². The first-order valence-corrected chi connectivity index (χ1v) is 7.62. The highest BCUT2D eigenvalue weighted by Crippen LogP contribution is 2.32. The molecule has 0 aliphatic carbocycles. The Labute approximate surface area is 131 Å². The second-order valence-electron chi connectivity index (χ2n) is 3.70. The maximum atomic E-state index is 11.7.